The molecule has 2 aromatic heterocycles. The average molecular weight is 711 g/mol. The van der Waals surface area contributed by atoms with Crippen LogP contribution in [0, 0.1) is 12.7 Å². The minimum atomic E-state index is -4.63. The number of benzene rings is 2. The van der Waals surface area contributed by atoms with E-state index in [9.17, 15) is 32.3 Å². The van der Waals surface area contributed by atoms with Crippen molar-refractivity contribution >= 4 is 52.2 Å². The number of halogens is 4. The zero-order valence-corrected chi connectivity index (χ0v) is 27.8. The molecule has 5 rings (SSSR count). The van der Waals surface area contributed by atoms with Crippen molar-refractivity contribution in [2.75, 3.05) is 48.5 Å². The smallest absolute Gasteiger partial charge is 0.411 e. The molecule has 1 aliphatic rings. The molecule has 4 aromatic rings. The number of nitrogens with zero attached hydrogens (tertiary/aromatic N) is 4. The molecule has 3 amide bonds. The van der Waals surface area contributed by atoms with Gasteiger partial charge in [-0.1, -0.05) is 12.1 Å². The summed E-state index contributed by atoms with van der Waals surface area (Å²) in [6, 6.07) is 6.86. The van der Waals surface area contributed by atoms with Crippen molar-refractivity contribution in [2.45, 2.75) is 38.5 Å². The number of amides is 3. The van der Waals surface area contributed by atoms with E-state index in [2.05, 4.69) is 20.6 Å². The van der Waals surface area contributed by atoms with E-state index in [4.69, 9.17) is 9.47 Å². The third-order valence-electron chi connectivity index (χ3n) is 8.33. The molecule has 2 atom stereocenters. The lowest BCUT2D eigenvalue weighted by molar-refractivity contribution is -0.167. The lowest BCUT2D eigenvalue weighted by Crippen LogP contribution is -2.53. The van der Waals surface area contributed by atoms with Gasteiger partial charge in [-0.3, -0.25) is 24.4 Å². The predicted octanol–water partition coefficient (Wildman–Crippen LogP) is 4.59. The molecule has 0 spiro atoms. The third-order valence-corrected chi connectivity index (χ3v) is 8.33. The Balaban J connectivity index is 1.42. The summed E-state index contributed by atoms with van der Waals surface area (Å²) in [5.74, 6) is -3.38. The minimum Gasteiger partial charge on any atom is -0.464 e. The van der Waals surface area contributed by atoms with Crippen molar-refractivity contribution in [1.82, 2.24) is 15.3 Å². The first kappa shape index (κ1) is 36.6. The summed E-state index contributed by atoms with van der Waals surface area (Å²) in [5.41, 5.74) is 1.22. The molecule has 16 heteroatoms. The van der Waals surface area contributed by atoms with Gasteiger partial charge in [0.2, 0.25) is 6.41 Å². The number of carbonyl (C=O) groups is 4. The van der Waals surface area contributed by atoms with Crippen LogP contribution in [0.1, 0.15) is 38.8 Å². The Morgan fingerprint density at radius 2 is 1.94 bits per heavy atom. The predicted molar refractivity (Wildman–Crippen MR) is 179 cm³/mol. The molecule has 0 unspecified atom stereocenters. The van der Waals surface area contributed by atoms with E-state index in [-0.39, 0.29) is 48.7 Å². The van der Waals surface area contributed by atoms with Crippen LogP contribution in [0.15, 0.2) is 61.1 Å². The minimum absolute atomic E-state index is 0.0128. The molecular formula is C35H34F4N6O6. The summed E-state index contributed by atoms with van der Waals surface area (Å²) >= 11 is 0. The largest absolute Gasteiger partial charge is 0.464 e. The maximum Gasteiger partial charge on any atom is 0.411 e. The summed E-state index contributed by atoms with van der Waals surface area (Å²) in [6.07, 6.45) is 0.0828. The first-order chi connectivity index (χ1) is 24.3. The lowest BCUT2D eigenvalue weighted by atomic mass is 9.99. The van der Waals surface area contributed by atoms with Gasteiger partial charge in [-0.25, -0.2) is 9.18 Å². The lowest BCUT2D eigenvalue weighted by Gasteiger charge is -2.38. The number of esters is 1. The van der Waals surface area contributed by atoms with Gasteiger partial charge in [-0.2, -0.15) is 13.2 Å². The molecule has 0 saturated carbocycles. The summed E-state index contributed by atoms with van der Waals surface area (Å²) in [5, 5.41) is 5.86. The fourth-order valence-electron chi connectivity index (χ4n) is 5.87. The van der Waals surface area contributed by atoms with Crippen LogP contribution in [0.5, 0.6) is 0 Å². The monoisotopic (exact) mass is 710 g/mol. The zero-order chi connectivity index (χ0) is 36.9. The standard InChI is InChI=1S/C35H34F4N6O6/c1-4-51-34(49)27(43-33(48)30-20(2)14-22(16-25(30)36)45-12-13-50-18-29(45)35(37,38)39)15-21-7-8-26(31-23(21)6-5-10-41-31)42-32(47)24-9-11-40-17-28(24)44(3)19-46/h5-11,14,16-17,19,27,29H,4,12-13,15,18H2,1-3H3,(H,42,47)(H,43,48)/t27-,29+/m0/s1. The number of hydrogen-bond donors (Lipinski definition) is 2. The molecule has 2 aromatic carbocycles. The van der Waals surface area contributed by atoms with Crippen molar-refractivity contribution < 1.29 is 46.2 Å². The number of carbonyl (C=O) groups excluding carboxylic acids is 4. The van der Waals surface area contributed by atoms with E-state index in [1.54, 1.807) is 31.2 Å². The maximum absolute atomic E-state index is 15.6. The van der Waals surface area contributed by atoms with Crippen molar-refractivity contribution in [3.05, 3.63) is 89.1 Å². The van der Waals surface area contributed by atoms with E-state index in [1.807, 2.05) is 0 Å². The van der Waals surface area contributed by atoms with Gasteiger partial charge in [-0.05, 0) is 55.3 Å². The fraction of sp³-hybridized carbons (Fsp3) is 0.314. The number of alkyl halides is 3. The molecule has 0 bridgehead atoms. The van der Waals surface area contributed by atoms with Crippen LogP contribution in [-0.4, -0.2) is 85.8 Å². The van der Waals surface area contributed by atoms with Crippen LogP contribution in [-0.2, 0) is 25.5 Å². The molecule has 1 aliphatic heterocycles. The molecule has 1 saturated heterocycles. The second-order valence-corrected chi connectivity index (χ2v) is 11.7. The number of anilines is 3. The highest BCUT2D eigenvalue weighted by Crippen LogP contribution is 2.33. The van der Waals surface area contributed by atoms with E-state index in [0.29, 0.717) is 28.6 Å². The van der Waals surface area contributed by atoms with Crippen molar-refractivity contribution in [1.29, 1.82) is 0 Å². The highest BCUT2D eigenvalue weighted by molar-refractivity contribution is 6.12. The van der Waals surface area contributed by atoms with Crippen LogP contribution in [0.2, 0.25) is 0 Å². The highest BCUT2D eigenvalue weighted by atomic mass is 19.4. The summed E-state index contributed by atoms with van der Waals surface area (Å²) in [7, 11) is 1.48. The molecule has 1 fully saturated rings. The fourth-order valence-corrected chi connectivity index (χ4v) is 5.87. The maximum atomic E-state index is 15.6. The number of morpholine rings is 1. The Hall–Kier alpha value is -5.64. The number of aromatic nitrogens is 2. The third kappa shape index (κ3) is 8.06. The SMILES string of the molecule is CCOC(=O)[C@H](Cc1ccc(NC(=O)c2ccncc2N(C)C=O)c2ncccc12)NC(=O)c1c(C)cc(N2CCOC[C@@H]2C(F)(F)F)cc1F. The Morgan fingerprint density at radius 1 is 1.16 bits per heavy atom. The van der Waals surface area contributed by atoms with Gasteiger partial charge >= 0.3 is 12.1 Å². The number of nitrogens with one attached hydrogen (secondary N) is 2. The molecule has 268 valence electrons. The molecule has 2 N–H and O–H groups in total. The Labute approximate surface area is 289 Å². The number of hydrogen-bond acceptors (Lipinski definition) is 9. The summed E-state index contributed by atoms with van der Waals surface area (Å²) in [6.45, 7) is 2.22. The van der Waals surface area contributed by atoms with Gasteiger partial charge in [0.05, 0.1) is 54.0 Å². The average Bonchev–Trinajstić information content (AvgIpc) is 3.11. The van der Waals surface area contributed by atoms with Crippen LogP contribution >= 0.6 is 0 Å². The normalized spacial score (nSPS) is 15.2. The molecule has 0 aliphatic carbocycles. The molecule has 0 radical (unpaired) electrons. The first-order valence-corrected chi connectivity index (χ1v) is 15.8. The second kappa shape index (κ2) is 15.5. The Kier molecular flexibility index (Phi) is 11.1. The van der Waals surface area contributed by atoms with E-state index in [1.165, 1.54) is 49.6 Å². The van der Waals surface area contributed by atoms with Gasteiger partial charge in [0.1, 0.15) is 17.9 Å². The van der Waals surface area contributed by atoms with Crippen LogP contribution < -0.4 is 20.4 Å². The van der Waals surface area contributed by atoms with Gasteiger partial charge in [0, 0.05) is 43.5 Å². The number of pyridine rings is 2. The number of ether oxygens (including phenoxy) is 2. The first-order valence-electron chi connectivity index (χ1n) is 15.8. The van der Waals surface area contributed by atoms with Crippen LogP contribution in [0.25, 0.3) is 10.9 Å². The van der Waals surface area contributed by atoms with Gasteiger partial charge in [0.15, 0.2) is 0 Å². The van der Waals surface area contributed by atoms with Gasteiger partial charge < -0.3 is 29.9 Å². The van der Waals surface area contributed by atoms with E-state index < -0.39 is 54.0 Å². The highest BCUT2D eigenvalue weighted by Gasteiger charge is 2.45. The quantitative estimate of drug-likeness (QED) is 0.130. The number of fused-ring (bicyclic) bond motifs is 1. The Morgan fingerprint density at radius 3 is 2.65 bits per heavy atom. The molecule has 3 heterocycles. The molecule has 12 nitrogen and oxygen atoms in total. The van der Waals surface area contributed by atoms with Crippen LogP contribution in [0.3, 0.4) is 0 Å². The van der Waals surface area contributed by atoms with Gasteiger partial charge in [0.25, 0.3) is 11.8 Å². The Bertz CT molecular complexity index is 1930. The van der Waals surface area contributed by atoms with E-state index in [0.717, 1.165) is 11.0 Å². The molecule has 51 heavy (non-hydrogen) atoms. The van der Waals surface area contributed by atoms with Crippen molar-refractivity contribution in [3.8, 4) is 0 Å². The zero-order valence-electron chi connectivity index (χ0n) is 27.8. The summed E-state index contributed by atoms with van der Waals surface area (Å²) < 4.78 is 66.8. The second-order valence-electron chi connectivity index (χ2n) is 11.7. The van der Waals surface area contributed by atoms with Crippen LogP contribution in [0.4, 0.5) is 34.6 Å². The summed E-state index contributed by atoms with van der Waals surface area (Å²) in [4.78, 5) is 61.9. The van der Waals surface area contributed by atoms with E-state index >= 15 is 4.39 Å². The van der Waals surface area contributed by atoms with Crippen molar-refractivity contribution in [2.24, 2.45) is 0 Å². The van der Waals surface area contributed by atoms with Crippen molar-refractivity contribution in [3.63, 3.8) is 0 Å². The molecular weight excluding hydrogens is 676 g/mol. The number of aryl methyl sites for hydroxylation is 1. The van der Waals surface area contributed by atoms with Gasteiger partial charge in [-0.15, -0.1) is 0 Å². The topological polar surface area (TPSA) is 143 Å². The number of rotatable bonds is 11.